The fourth-order valence-electron chi connectivity index (χ4n) is 3.41. The van der Waals surface area contributed by atoms with E-state index in [4.69, 9.17) is 6.42 Å². The van der Waals surface area contributed by atoms with Gasteiger partial charge in [-0.15, -0.1) is 6.42 Å². The number of rotatable bonds is 3. The molecule has 0 amide bonds. The fourth-order valence-corrected chi connectivity index (χ4v) is 3.41. The Morgan fingerprint density at radius 2 is 1.80 bits per heavy atom. The van der Waals surface area contributed by atoms with Crippen molar-refractivity contribution in [3.8, 4) is 12.3 Å². The maximum Gasteiger partial charge on any atom is 0.139 e. The van der Waals surface area contributed by atoms with E-state index in [9.17, 15) is 5.11 Å². The Morgan fingerprint density at radius 1 is 1.12 bits per heavy atom. The van der Waals surface area contributed by atoms with Gasteiger partial charge in [-0.25, -0.2) is 0 Å². The molecule has 1 aliphatic carbocycles. The van der Waals surface area contributed by atoms with Crippen LogP contribution in [0.4, 0.5) is 5.69 Å². The molecule has 0 aliphatic heterocycles. The number of hydrogen-bond acceptors (Lipinski definition) is 2. The third-order valence-electron chi connectivity index (χ3n) is 5.05. The van der Waals surface area contributed by atoms with Crippen LogP contribution in [0, 0.1) is 12.3 Å². The Labute approximate surface area is 150 Å². The van der Waals surface area contributed by atoms with Crippen molar-refractivity contribution >= 4 is 11.3 Å². The van der Waals surface area contributed by atoms with E-state index in [-0.39, 0.29) is 5.41 Å². The van der Waals surface area contributed by atoms with E-state index in [1.807, 2.05) is 20.2 Å². The molecule has 1 aliphatic rings. The molecular weight excluding hydrogens is 306 g/mol. The quantitative estimate of drug-likeness (QED) is 0.835. The number of aliphatic hydroxyl groups excluding tert-OH is 1. The summed E-state index contributed by atoms with van der Waals surface area (Å²) in [6.45, 7) is 4.47. The standard InChI is InChI=1S/C23H25NO/c1-6-22(25)17-9-12-20-19(13-14-23(2,3)21(20)15-17)16-7-10-18(11-8-16)24(4)5/h1,7-13,15,22,25H,14H2,2-5H3. The molecule has 0 heterocycles. The summed E-state index contributed by atoms with van der Waals surface area (Å²) in [6, 6.07) is 14.7. The predicted octanol–water partition coefficient (Wildman–Crippen LogP) is 4.53. The van der Waals surface area contributed by atoms with Gasteiger partial charge in [-0.2, -0.15) is 0 Å². The van der Waals surface area contributed by atoms with Crippen LogP contribution in [0.5, 0.6) is 0 Å². The molecule has 0 saturated heterocycles. The number of aliphatic hydroxyl groups is 1. The molecule has 1 N–H and O–H groups in total. The van der Waals surface area contributed by atoms with Crippen LogP contribution in [-0.4, -0.2) is 19.2 Å². The zero-order chi connectivity index (χ0) is 18.2. The van der Waals surface area contributed by atoms with E-state index in [1.54, 1.807) is 0 Å². The van der Waals surface area contributed by atoms with Crippen LogP contribution in [0.2, 0.25) is 0 Å². The lowest BCUT2D eigenvalue weighted by atomic mass is 9.71. The summed E-state index contributed by atoms with van der Waals surface area (Å²) in [6.07, 6.45) is 7.82. The molecule has 0 saturated carbocycles. The van der Waals surface area contributed by atoms with E-state index < -0.39 is 6.10 Å². The maximum absolute atomic E-state index is 10.0. The minimum absolute atomic E-state index is 0.0206. The van der Waals surface area contributed by atoms with Crippen LogP contribution >= 0.6 is 0 Å². The molecule has 0 fully saturated rings. The fraction of sp³-hybridized carbons (Fsp3) is 0.304. The van der Waals surface area contributed by atoms with E-state index in [2.05, 4.69) is 67.1 Å². The lowest BCUT2D eigenvalue weighted by Gasteiger charge is -2.33. The summed E-state index contributed by atoms with van der Waals surface area (Å²) in [5.41, 5.74) is 6.93. The molecule has 0 bridgehead atoms. The molecule has 1 unspecified atom stereocenters. The maximum atomic E-state index is 10.0. The van der Waals surface area contributed by atoms with Gasteiger partial charge in [-0.3, -0.25) is 0 Å². The van der Waals surface area contributed by atoms with Crippen molar-refractivity contribution in [2.24, 2.45) is 0 Å². The van der Waals surface area contributed by atoms with Crippen molar-refractivity contribution in [3.05, 3.63) is 70.8 Å². The Balaban J connectivity index is 2.08. The molecule has 0 aromatic heterocycles. The smallest absolute Gasteiger partial charge is 0.139 e. The van der Waals surface area contributed by atoms with Gasteiger partial charge in [0.05, 0.1) is 0 Å². The number of hydrogen-bond donors (Lipinski definition) is 1. The number of allylic oxidation sites excluding steroid dienone is 1. The summed E-state index contributed by atoms with van der Waals surface area (Å²) in [4.78, 5) is 2.10. The number of benzene rings is 2. The van der Waals surface area contributed by atoms with Crippen molar-refractivity contribution in [1.29, 1.82) is 0 Å². The Hall–Kier alpha value is -2.50. The average molecular weight is 331 g/mol. The predicted molar refractivity (Wildman–Crippen MR) is 106 cm³/mol. The van der Waals surface area contributed by atoms with Crippen molar-refractivity contribution in [2.45, 2.75) is 31.8 Å². The summed E-state index contributed by atoms with van der Waals surface area (Å²) in [5.74, 6) is 2.41. The van der Waals surface area contributed by atoms with Gasteiger partial charge in [-0.1, -0.05) is 56.2 Å². The molecular formula is C23H25NO. The molecule has 0 spiro atoms. The SMILES string of the molecule is C#CC(O)c1ccc2c(c1)C(C)(C)CC=C2c1ccc(N(C)C)cc1. The largest absolute Gasteiger partial charge is 0.378 e. The highest BCUT2D eigenvalue weighted by atomic mass is 16.3. The van der Waals surface area contributed by atoms with Gasteiger partial charge < -0.3 is 10.0 Å². The molecule has 2 heteroatoms. The first-order chi connectivity index (χ1) is 11.8. The summed E-state index contributed by atoms with van der Waals surface area (Å²) < 4.78 is 0. The second-order valence-corrected chi connectivity index (χ2v) is 7.52. The van der Waals surface area contributed by atoms with Crippen LogP contribution in [0.25, 0.3) is 5.57 Å². The van der Waals surface area contributed by atoms with Crippen LogP contribution in [-0.2, 0) is 5.41 Å². The van der Waals surface area contributed by atoms with Crippen LogP contribution in [0.1, 0.15) is 48.6 Å². The number of fused-ring (bicyclic) bond motifs is 1. The van der Waals surface area contributed by atoms with E-state index in [1.165, 1.54) is 28.0 Å². The Morgan fingerprint density at radius 3 is 2.40 bits per heavy atom. The number of nitrogens with zero attached hydrogens (tertiary/aromatic N) is 1. The average Bonchev–Trinajstić information content (AvgIpc) is 2.61. The summed E-state index contributed by atoms with van der Waals surface area (Å²) in [7, 11) is 4.09. The van der Waals surface area contributed by atoms with Gasteiger partial charge in [0.15, 0.2) is 0 Å². The first kappa shape index (κ1) is 17.3. The summed E-state index contributed by atoms with van der Waals surface area (Å²) >= 11 is 0. The molecule has 0 radical (unpaired) electrons. The monoisotopic (exact) mass is 331 g/mol. The third-order valence-corrected chi connectivity index (χ3v) is 5.05. The normalized spacial score (nSPS) is 16.4. The molecule has 2 aromatic rings. The van der Waals surface area contributed by atoms with E-state index >= 15 is 0 Å². The van der Waals surface area contributed by atoms with E-state index in [0.29, 0.717) is 0 Å². The van der Waals surface area contributed by atoms with Crippen molar-refractivity contribution in [2.75, 3.05) is 19.0 Å². The topological polar surface area (TPSA) is 23.5 Å². The first-order valence-electron chi connectivity index (χ1n) is 8.60. The van der Waals surface area contributed by atoms with Crippen LogP contribution < -0.4 is 4.90 Å². The zero-order valence-corrected chi connectivity index (χ0v) is 15.4. The number of anilines is 1. The minimum atomic E-state index is -0.852. The van der Waals surface area contributed by atoms with E-state index in [0.717, 1.165) is 12.0 Å². The molecule has 1 atom stereocenters. The highest BCUT2D eigenvalue weighted by Gasteiger charge is 2.29. The van der Waals surface area contributed by atoms with Gasteiger partial charge in [0.2, 0.25) is 0 Å². The lowest BCUT2D eigenvalue weighted by Crippen LogP contribution is -2.22. The highest BCUT2D eigenvalue weighted by molar-refractivity contribution is 5.84. The zero-order valence-electron chi connectivity index (χ0n) is 15.4. The molecule has 128 valence electrons. The van der Waals surface area contributed by atoms with Gasteiger partial charge in [0, 0.05) is 19.8 Å². The van der Waals surface area contributed by atoms with Gasteiger partial charge in [-0.05, 0) is 51.8 Å². The van der Waals surface area contributed by atoms with Crippen molar-refractivity contribution < 1.29 is 5.11 Å². The molecule has 25 heavy (non-hydrogen) atoms. The lowest BCUT2D eigenvalue weighted by molar-refractivity contribution is 0.238. The van der Waals surface area contributed by atoms with Crippen molar-refractivity contribution in [3.63, 3.8) is 0 Å². The third kappa shape index (κ3) is 3.21. The van der Waals surface area contributed by atoms with Crippen LogP contribution in [0.15, 0.2) is 48.5 Å². The highest BCUT2D eigenvalue weighted by Crippen LogP contribution is 2.42. The van der Waals surface area contributed by atoms with Gasteiger partial charge in [0.25, 0.3) is 0 Å². The Kier molecular flexibility index (Phi) is 4.45. The van der Waals surface area contributed by atoms with Crippen LogP contribution in [0.3, 0.4) is 0 Å². The molecule has 3 rings (SSSR count). The number of terminal acetylenes is 1. The first-order valence-corrected chi connectivity index (χ1v) is 8.60. The van der Waals surface area contributed by atoms with Gasteiger partial charge in [0.1, 0.15) is 6.10 Å². The van der Waals surface area contributed by atoms with Gasteiger partial charge >= 0.3 is 0 Å². The minimum Gasteiger partial charge on any atom is -0.378 e. The second-order valence-electron chi connectivity index (χ2n) is 7.52. The summed E-state index contributed by atoms with van der Waals surface area (Å²) in [5, 5.41) is 10.0. The second kappa shape index (κ2) is 6.43. The molecule has 2 aromatic carbocycles. The molecule has 2 nitrogen and oxygen atoms in total. The Bertz CT molecular complexity index is 851. The van der Waals surface area contributed by atoms with Crippen molar-refractivity contribution in [1.82, 2.24) is 0 Å².